The molecular weight excluding hydrogens is 310 g/mol. The van der Waals surface area contributed by atoms with E-state index in [1.54, 1.807) is 21.9 Å². The van der Waals surface area contributed by atoms with E-state index >= 15 is 0 Å². The number of hydrogen-bond acceptors (Lipinski definition) is 4. The van der Waals surface area contributed by atoms with Gasteiger partial charge in [-0.3, -0.25) is 9.69 Å². The number of nitrogens with zero attached hydrogens (tertiary/aromatic N) is 2. The third kappa shape index (κ3) is 3.09. The van der Waals surface area contributed by atoms with Gasteiger partial charge in [-0.05, 0) is 37.5 Å². The first-order valence-corrected chi connectivity index (χ1v) is 8.22. The first-order valence-electron chi connectivity index (χ1n) is 8.22. The Hall–Kier alpha value is -2.12. The van der Waals surface area contributed by atoms with E-state index in [0.29, 0.717) is 38.0 Å². The number of carbonyl (C=O) groups excluding carboxylic acids is 2. The van der Waals surface area contributed by atoms with Gasteiger partial charge in [0.15, 0.2) is 0 Å². The average molecular weight is 333 g/mol. The van der Waals surface area contributed by atoms with Crippen LogP contribution in [0.1, 0.15) is 28.8 Å². The SMILES string of the molecule is Cc1ccc(C(=O)N2CCC[C@@](O)(CO)C2)cc1N1CCNC1=O. The largest absolute Gasteiger partial charge is 0.393 e. The molecule has 2 aliphatic rings. The Labute approximate surface area is 140 Å². The fourth-order valence-electron chi connectivity index (χ4n) is 3.33. The summed E-state index contributed by atoms with van der Waals surface area (Å²) < 4.78 is 0. The van der Waals surface area contributed by atoms with Gasteiger partial charge in [-0.2, -0.15) is 0 Å². The molecule has 130 valence electrons. The number of hydrogen-bond donors (Lipinski definition) is 3. The zero-order chi connectivity index (χ0) is 17.3. The Kier molecular flexibility index (Phi) is 4.47. The maximum atomic E-state index is 12.8. The molecule has 7 heteroatoms. The summed E-state index contributed by atoms with van der Waals surface area (Å²) in [6.07, 6.45) is 1.14. The minimum Gasteiger partial charge on any atom is -0.393 e. The molecule has 0 aromatic heterocycles. The van der Waals surface area contributed by atoms with Crippen LogP contribution in [-0.2, 0) is 0 Å². The fourth-order valence-corrected chi connectivity index (χ4v) is 3.33. The lowest BCUT2D eigenvalue weighted by atomic mass is 9.93. The molecule has 2 fully saturated rings. The maximum Gasteiger partial charge on any atom is 0.322 e. The van der Waals surface area contributed by atoms with E-state index < -0.39 is 5.60 Å². The third-order valence-electron chi connectivity index (χ3n) is 4.74. The summed E-state index contributed by atoms with van der Waals surface area (Å²) in [5.74, 6) is -0.192. The number of nitrogens with one attached hydrogen (secondary N) is 1. The predicted octanol–water partition coefficient (Wildman–Crippen LogP) is 0.484. The minimum absolute atomic E-state index is 0.121. The van der Waals surface area contributed by atoms with E-state index in [4.69, 9.17) is 0 Å². The van der Waals surface area contributed by atoms with Crippen molar-refractivity contribution in [3.8, 4) is 0 Å². The highest BCUT2D eigenvalue weighted by atomic mass is 16.3. The topological polar surface area (TPSA) is 93.1 Å². The molecule has 3 N–H and O–H groups in total. The summed E-state index contributed by atoms with van der Waals surface area (Å²) in [5.41, 5.74) is 0.910. The summed E-state index contributed by atoms with van der Waals surface area (Å²) in [6, 6.07) is 5.14. The van der Waals surface area contributed by atoms with Crippen molar-refractivity contribution < 1.29 is 19.8 Å². The number of carbonyl (C=O) groups is 2. The van der Waals surface area contributed by atoms with Crippen molar-refractivity contribution in [2.24, 2.45) is 0 Å². The molecule has 24 heavy (non-hydrogen) atoms. The second-order valence-corrected chi connectivity index (χ2v) is 6.60. The molecule has 0 bridgehead atoms. The average Bonchev–Trinajstić information content (AvgIpc) is 3.00. The van der Waals surface area contributed by atoms with Gasteiger partial charge in [-0.15, -0.1) is 0 Å². The lowest BCUT2D eigenvalue weighted by Gasteiger charge is -2.38. The van der Waals surface area contributed by atoms with Crippen LogP contribution in [0.4, 0.5) is 10.5 Å². The second kappa shape index (κ2) is 6.41. The summed E-state index contributed by atoms with van der Waals surface area (Å²) in [7, 11) is 0. The van der Waals surface area contributed by atoms with Crippen molar-refractivity contribution in [2.45, 2.75) is 25.4 Å². The van der Waals surface area contributed by atoms with Gasteiger partial charge >= 0.3 is 6.03 Å². The molecule has 0 radical (unpaired) electrons. The molecule has 3 rings (SSSR count). The molecule has 1 atom stereocenters. The number of β-amino-alcohol motifs (C(OH)–C–C–N with tert-alkyl or cyclic N) is 1. The number of aliphatic hydroxyl groups is 2. The Bertz CT molecular complexity index is 663. The number of aryl methyl sites for hydroxylation is 1. The van der Waals surface area contributed by atoms with E-state index in [-0.39, 0.29) is 25.1 Å². The summed E-state index contributed by atoms with van der Waals surface area (Å²) in [5, 5.41) is 22.3. The van der Waals surface area contributed by atoms with Crippen LogP contribution in [0.25, 0.3) is 0 Å². The molecule has 0 aliphatic carbocycles. The van der Waals surface area contributed by atoms with Crippen LogP contribution in [0.3, 0.4) is 0 Å². The molecule has 0 saturated carbocycles. The van der Waals surface area contributed by atoms with Crippen LogP contribution >= 0.6 is 0 Å². The van der Waals surface area contributed by atoms with E-state index in [0.717, 1.165) is 11.3 Å². The van der Waals surface area contributed by atoms with E-state index in [9.17, 15) is 19.8 Å². The molecule has 2 saturated heterocycles. The Balaban J connectivity index is 1.84. The number of anilines is 1. The Morgan fingerprint density at radius 2 is 2.17 bits per heavy atom. The summed E-state index contributed by atoms with van der Waals surface area (Å²) in [6.45, 7) is 3.38. The molecular formula is C17H23N3O4. The highest BCUT2D eigenvalue weighted by molar-refractivity contribution is 5.99. The summed E-state index contributed by atoms with van der Waals surface area (Å²) >= 11 is 0. The molecule has 0 unspecified atom stereocenters. The lowest BCUT2D eigenvalue weighted by Crippen LogP contribution is -2.52. The van der Waals surface area contributed by atoms with Crippen LogP contribution in [-0.4, -0.2) is 65.4 Å². The van der Waals surface area contributed by atoms with E-state index in [1.165, 1.54) is 0 Å². The monoisotopic (exact) mass is 333 g/mol. The number of rotatable bonds is 3. The van der Waals surface area contributed by atoms with Crippen molar-refractivity contribution >= 4 is 17.6 Å². The fraction of sp³-hybridized carbons (Fsp3) is 0.529. The first-order chi connectivity index (χ1) is 11.4. The standard InChI is InChI=1S/C17H23N3O4/c1-12-3-4-13(9-14(12)20-8-6-18-16(20)23)15(22)19-7-2-5-17(24,10-19)11-21/h3-4,9,21,24H,2,5-8,10-11H2,1H3,(H,18,23)/t17-/m0/s1. The van der Waals surface area contributed by atoms with Gasteiger partial charge in [0.2, 0.25) is 0 Å². The zero-order valence-corrected chi connectivity index (χ0v) is 13.8. The van der Waals surface area contributed by atoms with Gasteiger partial charge in [0.25, 0.3) is 5.91 Å². The normalized spacial score (nSPS) is 24.2. The van der Waals surface area contributed by atoms with Crippen molar-refractivity contribution in [2.75, 3.05) is 37.7 Å². The summed E-state index contributed by atoms with van der Waals surface area (Å²) in [4.78, 5) is 27.9. The molecule has 1 aromatic rings. The molecule has 0 spiro atoms. The molecule has 7 nitrogen and oxygen atoms in total. The number of amides is 3. The van der Waals surface area contributed by atoms with Crippen LogP contribution in [0.5, 0.6) is 0 Å². The van der Waals surface area contributed by atoms with E-state index in [1.807, 2.05) is 13.0 Å². The first kappa shape index (κ1) is 16.7. The van der Waals surface area contributed by atoms with Crippen molar-refractivity contribution in [1.29, 1.82) is 0 Å². The quantitative estimate of drug-likeness (QED) is 0.750. The highest BCUT2D eigenvalue weighted by Gasteiger charge is 2.35. The molecule has 2 heterocycles. The maximum absolute atomic E-state index is 12.8. The smallest absolute Gasteiger partial charge is 0.322 e. The number of likely N-dealkylation sites (tertiary alicyclic amines) is 1. The molecule has 1 aromatic carbocycles. The number of aliphatic hydroxyl groups excluding tert-OH is 1. The molecule has 3 amide bonds. The predicted molar refractivity (Wildman–Crippen MR) is 89.1 cm³/mol. The van der Waals surface area contributed by atoms with E-state index in [2.05, 4.69) is 5.32 Å². The van der Waals surface area contributed by atoms with Crippen LogP contribution in [0.15, 0.2) is 18.2 Å². The van der Waals surface area contributed by atoms with Gasteiger partial charge in [-0.1, -0.05) is 6.07 Å². The van der Waals surface area contributed by atoms with Crippen LogP contribution < -0.4 is 10.2 Å². The second-order valence-electron chi connectivity index (χ2n) is 6.60. The Morgan fingerprint density at radius 1 is 1.38 bits per heavy atom. The molecule has 2 aliphatic heterocycles. The van der Waals surface area contributed by atoms with Crippen molar-refractivity contribution in [3.05, 3.63) is 29.3 Å². The highest BCUT2D eigenvalue weighted by Crippen LogP contribution is 2.26. The van der Waals surface area contributed by atoms with Gasteiger partial charge in [0.1, 0.15) is 5.60 Å². The van der Waals surface area contributed by atoms with Crippen molar-refractivity contribution in [1.82, 2.24) is 10.2 Å². The van der Waals surface area contributed by atoms with Gasteiger partial charge in [-0.25, -0.2) is 4.79 Å². The van der Waals surface area contributed by atoms with Crippen LogP contribution in [0.2, 0.25) is 0 Å². The van der Waals surface area contributed by atoms with Gasteiger partial charge in [0.05, 0.1) is 13.2 Å². The Morgan fingerprint density at radius 3 is 2.83 bits per heavy atom. The van der Waals surface area contributed by atoms with Gasteiger partial charge in [0, 0.05) is 30.9 Å². The zero-order valence-electron chi connectivity index (χ0n) is 13.8. The van der Waals surface area contributed by atoms with Crippen LogP contribution in [0, 0.1) is 6.92 Å². The minimum atomic E-state index is -1.23. The lowest BCUT2D eigenvalue weighted by molar-refractivity contribution is -0.0598. The number of piperidine rings is 1. The number of benzene rings is 1. The third-order valence-corrected chi connectivity index (χ3v) is 4.74. The van der Waals surface area contributed by atoms with Gasteiger partial charge < -0.3 is 20.4 Å². The van der Waals surface area contributed by atoms with Crippen molar-refractivity contribution in [3.63, 3.8) is 0 Å². The number of urea groups is 1.